The fraction of sp³-hybridized carbons (Fsp3) is 0.364. The molecule has 2 N–H and O–H groups in total. The largest absolute Gasteiger partial charge is 0.395 e. The summed E-state index contributed by atoms with van der Waals surface area (Å²) in [6.45, 7) is 2.85. The van der Waals surface area contributed by atoms with Crippen molar-refractivity contribution < 1.29 is 10.0 Å². The number of aliphatic hydroxyl groups excluding tert-OH is 1. The number of hydrogen-bond acceptors (Lipinski definition) is 4. The molecule has 19 heavy (non-hydrogen) atoms. The molecule has 0 aliphatic rings. The van der Waals surface area contributed by atoms with Gasteiger partial charge in [0.05, 0.1) is 22.2 Å². The van der Waals surface area contributed by atoms with Gasteiger partial charge in [-0.15, -0.1) is 0 Å². The van der Waals surface area contributed by atoms with Crippen LogP contribution in [0, 0.1) is 10.1 Å². The second kappa shape index (κ2) is 7.22. The van der Waals surface area contributed by atoms with Gasteiger partial charge in [-0.25, -0.2) is 0 Å². The van der Waals surface area contributed by atoms with E-state index in [1.54, 1.807) is 4.90 Å². The van der Waals surface area contributed by atoms with E-state index in [1.165, 1.54) is 18.2 Å². The fourth-order valence-corrected chi connectivity index (χ4v) is 1.94. The molecule has 0 spiro atoms. The minimum atomic E-state index is -0.504. The number of hydrogen-bond donors (Lipinski definition) is 2. The summed E-state index contributed by atoms with van der Waals surface area (Å²) in [5.74, 6) is 0. The Bertz CT molecular complexity index is 484. The average Bonchev–Trinajstić information content (AvgIpc) is 2.38. The maximum absolute atomic E-state index is 10.7. The number of thiocarbonyl (C=S) groups is 1. The number of nitrogens with one attached hydrogen (secondary N) is 1. The van der Waals surface area contributed by atoms with E-state index < -0.39 is 4.92 Å². The van der Waals surface area contributed by atoms with E-state index >= 15 is 0 Å². The third kappa shape index (κ3) is 4.30. The highest BCUT2D eigenvalue weighted by molar-refractivity contribution is 7.80. The molecule has 8 heteroatoms. The molecule has 1 aromatic rings. The first-order chi connectivity index (χ1) is 8.99. The number of likely N-dealkylation sites (N-methyl/N-ethyl adjacent to an activating group) is 1. The van der Waals surface area contributed by atoms with Gasteiger partial charge < -0.3 is 15.3 Å². The molecular formula is C11H14ClN3O3S. The molecule has 0 amide bonds. The molecule has 6 nitrogen and oxygen atoms in total. The summed E-state index contributed by atoms with van der Waals surface area (Å²) >= 11 is 11.1. The normalized spacial score (nSPS) is 10.1. The van der Waals surface area contributed by atoms with Crippen LogP contribution in [0.4, 0.5) is 11.4 Å². The monoisotopic (exact) mass is 303 g/mol. The van der Waals surface area contributed by atoms with Crippen molar-refractivity contribution >= 4 is 40.3 Å². The number of nitro benzene ring substituents is 1. The van der Waals surface area contributed by atoms with Gasteiger partial charge in [-0.1, -0.05) is 11.6 Å². The van der Waals surface area contributed by atoms with Crippen LogP contribution in [0.2, 0.25) is 5.02 Å². The van der Waals surface area contributed by atoms with Crippen LogP contribution in [0.15, 0.2) is 18.2 Å². The van der Waals surface area contributed by atoms with Gasteiger partial charge in [0.15, 0.2) is 5.11 Å². The lowest BCUT2D eigenvalue weighted by molar-refractivity contribution is -0.384. The van der Waals surface area contributed by atoms with Crippen LogP contribution < -0.4 is 5.32 Å². The number of aliphatic hydroxyl groups is 1. The van der Waals surface area contributed by atoms with E-state index in [4.69, 9.17) is 28.9 Å². The Labute approximate surface area is 121 Å². The summed E-state index contributed by atoms with van der Waals surface area (Å²) in [6.07, 6.45) is 0. The van der Waals surface area contributed by atoms with E-state index in [0.717, 1.165) is 0 Å². The summed E-state index contributed by atoms with van der Waals surface area (Å²) < 4.78 is 0. The average molecular weight is 304 g/mol. The van der Waals surface area contributed by atoms with Crippen LogP contribution in [-0.4, -0.2) is 39.7 Å². The fourth-order valence-electron chi connectivity index (χ4n) is 1.44. The van der Waals surface area contributed by atoms with Crippen LogP contribution in [0.5, 0.6) is 0 Å². The summed E-state index contributed by atoms with van der Waals surface area (Å²) in [6, 6.07) is 4.08. The number of anilines is 1. The SMILES string of the molecule is CCN(CCO)C(=S)Nc1cc([N+](=O)[O-])ccc1Cl. The van der Waals surface area contributed by atoms with E-state index in [-0.39, 0.29) is 12.3 Å². The molecule has 0 unspecified atom stereocenters. The van der Waals surface area contributed by atoms with Gasteiger partial charge in [0, 0.05) is 25.2 Å². The van der Waals surface area contributed by atoms with Crippen LogP contribution in [0.1, 0.15) is 6.92 Å². The standard InChI is InChI=1S/C11H14ClN3O3S/c1-2-14(5-6-16)11(19)13-10-7-8(15(17)18)3-4-9(10)12/h3-4,7,16H,2,5-6H2,1H3,(H,13,19). The zero-order valence-corrected chi connectivity index (χ0v) is 11.9. The molecule has 0 atom stereocenters. The van der Waals surface area contributed by atoms with Crippen molar-refractivity contribution in [3.05, 3.63) is 33.3 Å². The first-order valence-electron chi connectivity index (χ1n) is 5.60. The Balaban J connectivity index is 2.89. The molecule has 0 saturated heterocycles. The van der Waals surface area contributed by atoms with E-state index in [0.29, 0.717) is 28.9 Å². The summed E-state index contributed by atoms with van der Waals surface area (Å²) in [5, 5.41) is 23.2. The van der Waals surface area contributed by atoms with Crippen LogP contribution in [-0.2, 0) is 0 Å². The Morgan fingerprint density at radius 3 is 2.84 bits per heavy atom. The molecule has 0 bridgehead atoms. The number of nitrogens with zero attached hydrogens (tertiary/aromatic N) is 2. The zero-order valence-electron chi connectivity index (χ0n) is 10.3. The Morgan fingerprint density at radius 2 is 2.32 bits per heavy atom. The minimum absolute atomic E-state index is 0.0294. The second-order valence-corrected chi connectivity index (χ2v) is 4.45. The molecule has 0 heterocycles. The molecule has 1 rings (SSSR count). The predicted octanol–water partition coefficient (Wildman–Crippen LogP) is 2.26. The molecule has 0 fully saturated rings. The molecule has 0 radical (unpaired) electrons. The molecular weight excluding hydrogens is 290 g/mol. The first kappa shape index (κ1) is 15.6. The number of nitro groups is 1. The van der Waals surface area contributed by atoms with Gasteiger partial charge in [0.25, 0.3) is 5.69 Å². The van der Waals surface area contributed by atoms with Gasteiger partial charge in [-0.05, 0) is 25.2 Å². The summed E-state index contributed by atoms with van der Waals surface area (Å²) in [7, 11) is 0. The Morgan fingerprint density at radius 1 is 1.63 bits per heavy atom. The minimum Gasteiger partial charge on any atom is -0.395 e. The number of rotatable bonds is 5. The van der Waals surface area contributed by atoms with Crippen molar-refractivity contribution in [3.63, 3.8) is 0 Å². The van der Waals surface area contributed by atoms with Crippen LogP contribution >= 0.6 is 23.8 Å². The maximum Gasteiger partial charge on any atom is 0.271 e. The van der Waals surface area contributed by atoms with Gasteiger partial charge >= 0.3 is 0 Å². The highest BCUT2D eigenvalue weighted by Gasteiger charge is 2.13. The zero-order chi connectivity index (χ0) is 14.4. The molecule has 0 saturated carbocycles. The van der Waals surface area contributed by atoms with E-state index in [1.807, 2.05) is 6.92 Å². The molecule has 1 aromatic carbocycles. The highest BCUT2D eigenvalue weighted by atomic mass is 35.5. The number of halogens is 1. The lowest BCUT2D eigenvalue weighted by Crippen LogP contribution is -2.36. The summed E-state index contributed by atoms with van der Waals surface area (Å²) in [5.41, 5.74) is 0.303. The third-order valence-electron chi connectivity index (χ3n) is 2.44. The molecule has 0 aliphatic carbocycles. The van der Waals surface area contributed by atoms with Crippen LogP contribution in [0.25, 0.3) is 0 Å². The molecule has 0 aromatic heterocycles. The van der Waals surface area contributed by atoms with Gasteiger partial charge in [0.1, 0.15) is 0 Å². The first-order valence-corrected chi connectivity index (χ1v) is 6.39. The van der Waals surface area contributed by atoms with Crippen molar-refractivity contribution in [2.45, 2.75) is 6.92 Å². The van der Waals surface area contributed by atoms with Crippen LogP contribution in [0.3, 0.4) is 0 Å². The number of benzene rings is 1. The van der Waals surface area contributed by atoms with Gasteiger partial charge in [-0.3, -0.25) is 10.1 Å². The van der Waals surface area contributed by atoms with Gasteiger partial charge in [-0.2, -0.15) is 0 Å². The van der Waals surface area contributed by atoms with Crippen molar-refractivity contribution in [2.75, 3.05) is 25.0 Å². The Hall–Kier alpha value is -1.44. The highest BCUT2D eigenvalue weighted by Crippen LogP contribution is 2.26. The Kier molecular flexibility index (Phi) is 5.94. The summed E-state index contributed by atoms with van der Waals surface area (Å²) in [4.78, 5) is 11.9. The lowest BCUT2D eigenvalue weighted by atomic mass is 10.3. The van der Waals surface area contributed by atoms with E-state index in [9.17, 15) is 10.1 Å². The quantitative estimate of drug-likeness (QED) is 0.493. The predicted molar refractivity (Wildman–Crippen MR) is 78.7 cm³/mol. The van der Waals surface area contributed by atoms with Crippen molar-refractivity contribution in [1.82, 2.24) is 4.90 Å². The lowest BCUT2D eigenvalue weighted by Gasteiger charge is -2.23. The molecule has 104 valence electrons. The maximum atomic E-state index is 10.7. The third-order valence-corrected chi connectivity index (χ3v) is 3.13. The van der Waals surface area contributed by atoms with Crippen molar-refractivity contribution in [2.24, 2.45) is 0 Å². The topological polar surface area (TPSA) is 78.6 Å². The van der Waals surface area contributed by atoms with Crippen molar-refractivity contribution in [3.8, 4) is 0 Å². The molecule has 0 aliphatic heterocycles. The van der Waals surface area contributed by atoms with Crippen molar-refractivity contribution in [1.29, 1.82) is 0 Å². The second-order valence-electron chi connectivity index (χ2n) is 3.65. The van der Waals surface area contributed by atoms with Gasteiger partial charge in [0.2, 0.25) is 0 Å². The smallest absolute Gasteiger partial charge is 0.271 e. The van der Waals surface area contributed by atoms with E-state index in [2.05, 4.69) is 5.32 Å². The number of non-ortho nitro benzene ring substituents is 1.